The van der Waals surface area contributed by atoms with Crippen molar-refractivity contribution < 1.29 is 9.18 Å². The van der Waals surface area contributed by atoms with Crippen LogP contribution in [0.2, 0.25) is 0 Å². The summed E-state index contributed by atoms with van der Waals surface area (Å²) in [7, 11) is 0. The van der Waals surface area contributed by atoms with Gasteiger partial charge in [-0.3, -0.25) is 4.79 Å². The number of halogens is 1. The standard InChI is InChI=1S/C21H26FN3OS/c22-17-8-6-15(7-9-17)21-24-14-18(27-21)12-20(26)23-13-16-4-3-11-25-10-2-1-5-19(16)25/h6-9,14,16,19H,1-5,10-13H2,(H,23,26)/t16-,19+/m1/s1. The van der Waals surface area contributed by atoms with Crippen LogP contribution in [0.3, 0.4) is 0 Å². The van der Waals surface area contributed by atoms with Gasteiger partial charge in [0.05, 0.1) is 6.42 Å². The molecule has 0 spiro atoms. The Morgan fingerprint density at radius 3 is 2.85 bits per heavy atom. The Morgan fingerprint density at radius 2 is 2.00 bits per heavy atom. The zero-order valence-electron chi connectivity index (χ0n) is 15.5. The molecule has 0 aliphatic carbocycles. The highest BCUT2D eigenvalue weighted by Gasteiger charge is 2.32. The van der Waals surface area contributed by atoms with Gasteiger partial charge in [-0.2, -0.15) is 0 Å². The van der Waals surface area contributed by atoms with Crippen LogP contribution in [0.25, 0.3) is 10.6 Å². The van der Waals surface area contributed by atoms with Crippen LogP contribution < -0.4 is 5.32 Å². The Balaban J connectivity index is 1.30. The second-order valence-corrected chi connectivity index (χ2v) is 8.74. The minimum Gasteiger partial charge on any atom is -0.355 e. The van der Waals surface area contributed by atoms with Crippen molar-refractivity contribution in [2.75, 3.05) is 19.6 Å². The smallest absolute Gasteiger partial charge is 0.225 e. The molecule has 4 nitrogen and oxygen atoms in total. The van der Waals surface area contributed by atoms with Gasteiger partial charge >= 0.3 is 0 Å². The van der Waals surface area contributed by atoms with Gasteiger partial charge in [-0.1, -0.05) is 6.42 Å². The monoisotopic (exact) mass is 387 g/mol. The second-order valence-electron chi connectivity index (χ2n) is 7.62. The number of amides is 1. The number of hydrogen-bond donors (Lipinski definition) is 1. The van der Waals surface area contributed by atoms with E-state index in [4.69, 9.17) is 0 Å². The molecule has 0 radical (unpaired) electrons. The Kier molecular flexibility index (Phi) is 5.83. The average Bonchev–Trinajstić information content (AvgIpc) is 3.15. The number of fused-ring (bicyclic) bond motifs is 1. The first-order chi connectivity index (χ1) is 13.2. The van der Waals surface area contributed by atoms with Crippen molar-refractivity contribution in [1.82, 2.24) is 15.2 Å². The molecule has 2 fully saturated rings. The summed E-state index contributed by atoms with van der Waals surface area (Å²) in [5, 5.41) is 3.98. The van der Waals surface area contributed by atoms with Gasteiger partial charge in [0.15, 0.2) is 0 Å². The molecular formula is C21H26FN3OS. The van der Waals surface area contributed by atoms with Crippen LogP contribution in [-0.4, -0.2) is 41.5 Å². The molecule has 1 aromatic carbocycles. The largest absolute Gasteiger partial charge is 0.355 e. The van der Waals surface area contributed by atoms with Crippen LogP contribution in [0.1, 0.15) is 37.0 Å². The predicted octanol–water partition coefficient (Wildman–Crippen LogP) is 3.87. The maximum atomic E-state index is 13.0. The first-order valence-corrected chi connectivity index (χ1v) is 10.7. The van der Waals surface area contributed by atoms with Gasteiger partial charge in [0, 0.05) is 29.2 Å². The second kappa shape index (κ2) is 8.48. The number of thiazole rings is 1. The number of hydrogen-bond acceptors (Lipinski definition) is 4. The molecule has 27 heavy (non-hydrogen) atoms. The third-order valence-corrected chi connectivity index (χ3v) is 6.82. The summed E-state index contributed by atoms with van der Waals surface area (Å²) in [5.41, 5.74) is 0.882. The molecule has 3 heterocycles. The minimum atomic E-state index is -0.255. The highest BCUT2D eigenvalue weighted by atomic mass is 32.1. The highest BCUT2D eigenvalue weighted by molar-refractivity contribution is 7.15. The molecule has 2 atom stereocenters. The van der Waals surface area contributed by atoms with Crippen LogP contribution in [0, 0.1) is 11.7 Å². The van der Waals surface area contributed by atoms with E-state index in [1.165, 1.54) is 68.7 Å². The third kappa shape index (κ3) is 4.55. The van der Waals surface area contributed by atoms with E-state index in [9.17, 15) is 9.18 Å². The van der Waals surface area contributed by atoms with Gasteiger partial charge in [-0.25, -0.2) is 9.37 Å². The fraction of sp³-hybridized carbons (Fsp3) is 0.524. The zero-order valence-corrected chi connectivity index (χ0v) is 16.3. The molecule has 0 saturated carbocycles. The van der Waals surface area contributed by atoms with Crippen LogP contribution in [0.5, 0.6) is 0 Å². The van der Waals surface area contributed by atoms with Crippen molar-refractivity contribution in [2.45, 2.75) is 44.6 Å². The normalized spacial score (nSPS) is 23.0. The van der Waals surface area contributed by atoms with E-state index in [0.717, 1.165) is 22.0 Å². The van der Waals surface area contributed by atoms with Crippen molar-refractivity contribution in [1.29, 1.82) is 0 Å². The molecule has 2 aliphatic rings. The summed E-state index contributed by atoms with van der Waals surface area (Å²) in [6.45, 7) is 3.23. The summed E-state index contributed by atoms with van der Waals surface area (Å²) in [6, 6.07) is 6.96. The molecular weight excluding hydrogens is 361 g/mol. The van der Waals surface area contributed by atoms with Crippen LogP contribution in [0.4, 0.5) is 4.39 Å². The summed E-state index contributed by atoms with van der Waals surface area (Å²) in [4.78, 5) is 20.4. The van der Waals surface area contributed by atoms with Gasteiger partial charge < -0.3 is 10.2 Å². The number of nitrogens with zero attached hydrogens (tertiary/aromatic N) is 2. The van der Waals surface area contributed by atoms with Crippen molar-refractivity contribution in [3.63, 3.8) is 0 Å². The first-order valence-electron chi connectivity index (χ1n) is 9.90. The van der Waals surface area contributed by atoms with Crippen molar-refractivity contribution >= 4 is 17.2 Å². The molecule has 0 unspecified atom stereocenters. The highest BCUT2D eigenvalue weighted by Crippen LogP contribution is 2.30. The summed E-state index contributed by atoms with van der Waals surface area (Å²) in [5.74, 6) is 0.394. The van der Waals surface area contributed by atoms with E-state index in [1.807, 2.05) is 0 Å². The van der Waals surface area contributed by atoms with Crippen LogP contribution in [-0.2, 0) is 11.2 Å². The SMILES string of the molecule is O=C(Cc1cnc(-c2ccc(F)cc2)s1)NC[C@H]1CCCN2CCCC[C@@H]12. The number of carbonyl (C=O) groups is 1. The molecule has 2 saturated heterocycles. The van der Waals surface area contributed by atoms with E-state index in [1.54, 1.807) is 18.3 Å². The summed E-state index contributed by atoms with van der Waals surface area (Å²) >= 11 is 1.50. The Morgan fingerprint density at radius 1 is 1.19 bits per heavy atom. The Hall–Kier alpha value is -1.79. The number of nitrogens with one attached hydrogen (secondary N) is 1. The lowest BCUT2D eigenvalue weighted by Crippen LogP contribution is -2.51. The van der Waals surface area contributed by atoms with Crippen molar-refractivity contribution in [3.8, 4) is 10.6 Å². The third-order valence-electron chi connectivity index (χ3n) is 5.77. The number of carbonyl (C=O) groups excluding carboxylic acids is 1. The molecule has 0 bridgehead atoms. The first kappa shape index (κ1) is 18.6. The van der Waals surface area contributed by atoms with Crippen molar-refractivity contribution in [2.24, 2.45) is 5.92 Å². The Bertz CT molecular complexity index is 774. The average molecular weight is 388 g/mol. The molecule has 1 aromatic heterocycles. The molecule has 2 aromatic rings. The quantitative estimate of drug-likeness (QED) is 0.847. The van der Waals surface area contributed by atoms with E-state index >= 15 is 0 Å². The van der Waals surface area contributed by atoms with E-state index in [0.29, 0.717) is 18.4 Å². The number of rotatable bonds is 5. The van der Waals surface area contributed by atoms with Gasteiger partial charge in [0.2, 0.25) is 5.91 Å². The van der Waals surface area contributed by atoms with E-state index < -0.39 is 0 Å². The number of piperidine rings is 2. The molecule has 144 valence electrons. The Labute approximate surface area is 163 Å². The topological polar surface area (TPSA) is 45.2 Å². The lowest BCUT2D eigenvalue weighted by molar-refractivity contribution is -0.120. The fourth-order valence-corrected chi connectivity index (χ4v) is 5.31. The van der Waals surface area contributed by atoms with Gasteiger partial charge in [0.25, 0.3) is 0 Å². The lowest BCUT2D eigenvalue weighted by atomic mass is 9.83. The molecule has 6 heteroatoms. The zero-order chi connectivity index (χ0) is 18.6. The predicted molar refractivity (Wildman–Crippen MR) is 106 cm³/mol. The van der Waals surface area contributed by atoms with Crippen LogP contribution >= 0.6 is 11.3 Å². The lowest BCUT2D eigenvalue weighted by Gasteiger charge is -2.44. The van der Waals surface area contributed by atoms with E-state index in [2.05, 4.69) is 15.2 Å². The van der Waals surface area contributed by atoms with E-state index in [-0.39, 0.29) is 11.7 Å². The van der Waals surface area contributed by atoms with Gasteiger partial charge in [-0.05, 0) is 69.0 Å². The molecule has 1 N–H and O–H groups in total. The molecule has 4 rings (SSSR count). The van der Waals surface area contributed by atoms with Gasteiger partial charge in [0.1, 0.15) is 10.8 Å². The van der Waals surface area contributed by atoms with Crippen LogP contribution in [0.15, 0.2) is 30.5 Å². The number of aromatic nitrogens is 1. The molecule has 1 amide bonds. The fourth-order valence-electron chi connectivity index (χ4n) is 4.40. The summed E-state index contributed by atoms with van der Waals surface area (Å²) < 4.78 is 13.0. The maximum absolute atomic E-state index is 13.0. The van der Waals surface area contributed by atoms with Gasteiger partial charge in [-0.15, -0.1) is 11.3 Å². The maximum Gasteiger partial charge on any atom is 0.225 e. The molecule has 2 aliphatic heterocycles. The summed E-state index contributed by atoms with van der Waals surface area (Å²) in [6.07, 6.45) is 8.49. The minimum absolute atomic E-state index is 0.0669. The van der Waals surface area contributed by atoms with Crippen molar-refractivity contribution in [3.05, 3.63) is 41.2 Å². The number of benzene rings is 1.